The van der Waals surface area contributed by atoms with Crippen LogP contribution in [0.25, 0.3) is 0 Å². The van der Waals surface area contributed by atoms with Crippen molar-refractivity contribution < 1.29 is 14.2 Å². The smallest absolute Gasteiger partial charge is 0.406 e. The molecule has 0 unspecified atom stereocenters. The average Bonchev–Trinajstić information content (AvgIpc) is 2.38. The molecule has 0 atom stereocenters. The molecule has 0 radical (unpaired) electrons. The molecule has 1 aromatic heterocycles. The molecule has 0 aliphatic heterocycles. The number of carbonyl (C=O) groups excluding carboxylic acids is 1. The van der Waals surface area contributed by atoms with Gasteiger partial charge in [0.25, 0.3) is 0 Å². The molecule has 5 heteroatoms. The molecule has 0 bridgehead atoms. The first-order valence-electron chi connectivity index (χ1n) is 6.73. The van der Waals surface area contributed by atoms with E-state index in [9.17, 15) is 4.79 Å². The molecule has 0 fully saturated rings. The van der Waals surface area contributed by atoms with E-state index in [0.717, 1.165) is 29.9 Å². The Balaban J connectivity index is 2.60. The summed E-state index contributed by atoms with van der Waals surface area (Å²) in [4.78, 5) is 12.0. The van der Waals surface area contributed by atoms with Gasteiger partial charge in [-0.1, -0.05) is 17.5 Å². The Morgan fingerprint density at radius 2 is 1.84 bits per heavy atom. The van der Waals surface area contributed by atoms with Crippen LogP contribution in [0.2, 0.25) is 0 Å². The van der Waals surface area contributed by atoms with Gasteiger partial charge in [-0.15, -0.1) is 11.8 Å². The van der Waals surface area contributed by atoms with Crippen molar-refractivity contribution in [2.45, 2.75) is 43.6 Å². The molecular formula is C14H21N2O2S+. The van der Waals surface area contributed by atoms with Crippen LogP contribution in [-0.2, 0) is 24.6 Å². The van der Waals surface area contributed by atoms with E-state index in [0.29, 0.717) is 5.69 Å². The van der Waals surface area contributed by atoms with Gasteiger partial charge in [-0.25, -0.2) is 4.79 Å². The van der Waals surface area contributed by atoms with Crippen LogP contribution in [0, 0.1) is 0 Å². The SMILES string of the molecule is COC(=O)c1c2c(c(SC)n[n+]1C)CCCCCC2. The van der Waals surface area contributed by atoms with Gasteiger partial charge in [0.2, 0.25) is 0 Å². The first kappa shape index (κ1) is 14.3. The molecule has 104 valence electrons. The Labute approximate surface area is 118 Å². The summed E-state index contributed by atoms with van der Waals surface area (Å²) < 4.78 is 6.60. The van der Waals surface area contributed by atoms with Crippen LogP contribution >= 0.6 is 11.8 Å². The molecule has 4 nitrogen and oxygen atoms in total. The number of aromatic nitrogens is 2. The zero-order chi connectivity index (χ0) is 13.8. The number of ether oxygens (including phenoxy) is 1. The Hall–Kier alpha value is -1.10. The summed E-state index contributed by atoms with van der Waals surface area (Å²) in [7, 11) is 3.26. The van der Waals surface area contributed by atoms with Crippen molar-refractivity contribution in [2.75, 3.05) is 13.4 Å². The first-order chi connectivity index (χ1) is 9.19. The quantitative estimate of drug-likeness (QED) is 0.473. The van der Waals surface area contributed by atoms with Crippen LogP contribution in [0.1, 0.15) is 47.3 Å². The predicted molar refractivity (Wildman–Crippen MR) is 74.4 cm³/mol. The molecular weight excluding hydrogens is 260 g/mol. The Kier molecular flexibility index (Phi) is 4.80. The lowest BCUT2D eigenvalue weighted by Gasteiger charge is -2.16. The fourth-order valence-corrected chi connectivity index (χ4v) is 3.39. The second-order valence-electron chi connectivity index (χ2n) is 4.84. The van der Waals surface area contributed by atoms with Gasteiger partial charge in [0.05, 0.1) is 7.11 Å². The number of nitrogens with zero attached hydrogens (tertiary/aromatic N) is 2. The second-order valence-corrected chi connectivity index (χ2v) is 5.64. The maximum absolute atomic E-state index is 12.0. The minimum Gasteiger partial charge on any atom is -0.461 e. The third-order valence-corrected chi connectivity index (χ3v) is 4.36. The van der Waals surface area contributed by atoms with E-state index >= 15 is 0 Å². The van der Waals surface area contributed by atoms with E-state index in [-0.39, 0.29) is 5.97 Å². The van der Waals surface area contributed by atoms with Crippen LogP contribution in [0.15, 0.2) is 5.03 Å². The highest BCUT2D eigenvalue weighted by Gasteiger charge is 2.30. The van der Waals surface area contributed by atoms with E-state index in [1.165, 1.54) is 31.9 Å². The third-order valence-electron chi connectivity index (χ3n) is 3.65. The molecule has 0 saturated heterocycles. The van der Waals surface area contributed by atoms with Gasteiger partial charge < -0.3 is 4.74 Å². The van der Waals surface area contributed by atoms with Crippen LogP contribution < -0.4 is 4.68 Å². The zero-order valence-corrected chi connectivity index (χ0v) is 12.7. The summed E-state index contributed by atoms with van der Waals surface area (Å²) in [6.07, 6.45) is 8.82. The number of esters is 1. The molecule has 2 rings (SSSR count). The van der Waals surface area contributed by atoms with Crippen molar-refractivity contribution in [1.82, 2.24) is 5.10 Å². The Morgan fingerprint density at radius 3 is 2.42 bits per heavy atom. The first-order valence-corrected chi connectivity index (χ1v) is 7.96. The third kappa shape index (κ3) is 2.91. The number of hydrogen-bond acceptors (Lipinski definition) is 4. The normalized spacial score (nSPS) is 15.3. The number of thioether (sulfide) groups is 1. The lowest BCUT2D eigenvalue weighted by atomic mass is 9.93. The molecule has 1 aromatic rings. The van der Waals surface area contributed by atoms with Gasteiger partial charge in [-0.05, 0) is 31.9 Å². The van der Waals surface area contributed by atoms with Crippen molar-refractivity contribution in [3.05, 3.63) is 16.8 Å². The summed E-state index contributed by atoms with van der Waals surface area (Å²) >= 11 is 1.66. The van der Waals surface area contributed by atoms with Gasteiger partial charge in [0.15, 0.2) is 12.1 Å². The van der Waals surface area contributed by atoms with E-state index in [4.69, 9.17) is 4.74 Å². The highest BCUT2D eigenvalue weighted by atomic mass is 32.2. The lowest BCUT2D eigenvalue weighted by molar-refractivity contribution is -0.736. The van der Waals surface area contributed by atoms with Crippen LogP contribution in [0.4, 0.5) is 0 Å². The van der Waals surface area contributed by atoms with Gasteiger partial charge in [-0.3, -0.25) is 0 Å². The Morgan fingerprint density at radius 1 is 1.21 bits per heavy atom. The molecule has 1 heterocycles. The molecule has 1 aliphatic carbocycles. The van der Waals surface area contributed by atoms with E-state index < -0.39 is 0 Å². The summed E-state index contributed by atoms with van der Waals surface area (Å²) in [5, 5.41) is 5.57. The minimum atomic E-state index is -0.278. The molecule has 0 N–H and O–H groups in total. The molecule has 0 saturated carbocycles. The van der Waals surface area contributed by atoms with Crippen LogP contribution in [0.5, 0.6) is 0 Å². The van der Waals surface area contributed by atoms with Gasteiger partial charge in [0, 0.05) is 16.2 Å². The Bertz CT molecular complexity index is 489. The molecule has 19 heavy (non-hydrogen) atoms. The highest BCUT2D eigenvalue weighted by Crippen LogP contribution is 2.28. The lowest BCUT2D eigenvalue weighted by Crippen LogP contribution is -2.43. The fraction of sp³-hybridized carbons (Fsp3) is 0.643. The van der Waals surface area contributed by atoms with Gasteiger partial charge >= 0.3 is 11.7 Å². The number of fused-ring (bicyclic) bond motifs is 1. The fourth-order valence-electron chi connectivity index (χ4n) is 2.71. The second kappa shape index (κ2) is 6.37. The van der Waals surface area contributed by atoms with E-state index in [1.54, 1.807) is 16.4 Å². The molecule has 0 spiro atoms. The number of hydrogen-bond donors (Lipinski definition) is 0. The van der Waals surface area contributed by atoms with Gasteiger partial charge in [-0.2, -0.15) is 0 Å². The number of methoxy groups -OCH3 is 1. The van der Waals surface area contributed by atoms with E-state index in [1.807, 2.05) is 13.3 Å². The standard InChI is InChI=1S/C14H21N2O2S/c1-16-12(14(17)18-2)10-8-6-4-5-7-9-11(10)13(15-16)19-3/h4-9H2,1-3H3/q+1. The van der Waals surface area contributed by atoms with Crippen LogP contribution in [-0.4, -0.2) is 24.4 Å². The number of rotatable bonds is 2. The zero-order valence-electron chi connectivity index (χ0n) is 11.9. The monoisotopic (exact) mass is 281 g/mol. The number of carbonyl (C=O) groups is 1. The van der Waals surface area contributed by atoms with Crippen molar-refractivity contribution in [1.29, 1.82) is 0 Å². The average molecular weight is 281 g/mol. The minimum absolute atomic E-state index is 0.278. The van der Waals surface area contributed by atoms with Crippen molar-refractivity contribution in [2.24, 2.45) is 7.05 Å². The highest BCUT2D eigenvalue weighted by molar-refractivity contribution is 7.98. The van der Waals surface area contributed by atoms with E-state index in [2.05, 4.69) is 5.10 Å². The summed E-state index contributed by atoms with van der Waals surface area (Å²) in [6.45, 7) is 0. The van der Waals surface area contributed by atoms with Gasteiger partial charge in [0.1, 0.15) is 0 Å². The predicted octanol–water partition coefficient (Wildman–Crippen LogP) is 2.07. The van der Waals surface area contributed by atoms with Crippen molar-refractivity contribution in [3.8, 4) is 0 Å². The van der Waals surface area contributed by atoms with Crippen molar-refractivity contribution in [3.63, 3.8) is 0 Å². The van der Waals surface area contributed by atoms with Crippen molar-refractivity contribution >= 4 is 17.7 Å². The van der Waals surface area contributed by atoms with Crippen LogP contribution in [0.3, 0.4) is 0 Å². The summed E-state index contributed by atoms with van der Waals surface area (Å²) in [6, 6.07) is 0. The largest absolute Gasteiger partial charge is 0.461 e. The molecule has 0 amide bonds. The topological polar surface area (TPSA) is 43.1 Å². The molecule has 0 aromatic carbocycles. The summed E-state index contributed by atoms with van der Waals surface area (Å²) in [5.41, 5.74) is 3.02. The summed E-state index contributed by atoms with van der Waals surface area (Å²) in [5.74, 6) is -0.278. The number of aryl methyl sites for hydroxylation is 1. The maximum atomic E-state index is 12.0. The molecule has 1 aliphatic rings. The maximum Gasteiger partial charge on any atom is 0.406 e.